The van der Waals surface area contributed by atoms with Gasteiger partial charge in [0.15, 0.2) is 15.4 Å². The number of carbonyl (C=O) groups excluding carboxylic acids is 1. The van der Waals surface area contributed by atoms with Crippen molar-refractivity contribution in [1.82, 2.24) is 9.29 Å². The summed E-state index contributed by atoms with van der Waals surface area (Å²) in [4.78, 5) is 17.0. The Kier molecular flexibility index (Phi) is 7.90. The number of hydrogen-bond acceptors (Lipinski definition) is 10. The van der Waals surface area contributed by atoms with Crippen molar-refractivity contribution >= 4 is 54.3 Å². The largest absolute Gasteiger partial charge is 0.495 e. The minimum absolute atomic E-state index is 0.0261. The van der Waals surface area contributed by atoms with E-state index >= 15 is 0 Å². The number of thioether (sulfide) groups is 1. The Labute approximate surface area is 213 Å². The highest BCUT2D eigenvalue weighted by Gasteiger charge is 2.27. The first-order valence-corrected chi connectivity index (χ1v) is 15.0. The summed E-state index contributed by atoms with van der Waals surface area (Å²) in [6.45, 7) is 2.77. The van der Waals surface area contributed by atoms with Gasteiger partial charge in [0.05, 0.1) is 47.3 Å². The molecular formula is C22H25N3O8S3. The lowest BCUT2D eigenvalue weighted by molar-refractivity contribution is -0.113. The predicted molar refractivity (Wildman–Crippen MR) is 134 cm³/mol. The molecule has 1 amide bonds. The van der Waals surface area contributed by atoms with Crippen LogP contribution in [0.3, 0.4) is 0 Å². The van der Waals surface area contributed by atoms with Crippen molar-refractivity contribution in [3.8, 4) is 5.75 Å². The highest BCUT2D eigenvalue weighted by atomic mass is 32.2. The minimum Gasteiger partial charge on any atom is -0.495 e. The number of oxazole rings is 1. The number of ether oxygens (including phenoxy) is 2. The number of methoxy groups -OCH3 is 1. The highest BCUT2D eigenvalue weighted by Crippen LogP contribution is 2.30. The molecular weight excluding hydrogens is 530 g/mol. The van der Waals surface area contributed by atoms with Crippen LogP contribution in [0.5, 0.6) is 5.75 Å². The second kappa shape index (κ2) is 10.8. The van der Waals surface area contributed by atoms with Gasteiger partial charge in [-0.05, 0) is 30.3 Å². The lowest BCUT2D eigenvalue weighted by Gasteiger charge is -2.26. The van der Waals surface area contributed by atoms with E-state index in [0.29, 0.717) is 30.0 Å². The molecule has 1 aliphatic heterocycles. The molecule has 1 saturated heterocycles. The van der Waals surface area contributed by atoms with Gasteiger partial charge < -0.3 is 19.2 Å². The molecule has 194 valence electrons. The SMILES string of the molecule is CCS(=O)(=O)c1ccc2oc(SCC(=O)Nc3ccc(S(=O)(=O)N4CCOCC4)cc3OC)nc2c1. The van der Waals surface area contributed by atoms with Crippen LogP contribution < -0.4 is 10.1 Å². The van der Waals surface area contributed by atoms with Gasteiger partial charge in [-0.3, -0.25) is 4.79 Å². The van der Waals surface area contributed by atoms with E-state index in [-0.39, 0.29) is 45.4 Å². The molecule has 36 heavy (non-hydrogen) atoms. The fraction of sp³-hybridized carbons (Fsp3) is 0.364. The lowest BCUT2D eigenvalue weighted by atomic mass is 10.3. The van der Waals surface area contributed by atoms with Gasteiger partial charge in [-0.25, -0.2) is 21.8 Å². The molecule has 11 nitrogen and oxygen atoms in total. The van der Waals surface area contributed by atoms with E-state index < -0.39 is 25.8 Å². The number of nitrogens with one attached hydrogen (secondary N) is 1. The van der Waals surface area contributed by atoms with Crippen LogP contribution >= 0.6 is 11.8 Å². The molecule has 0 unspecified atom stereocenters. The van der Waals surface area contributed by atoms with Crippen LogP contribution in [0.4, 0.5) is 5.69 Å². The molecule has 1 aromatic heterocycles. The molecule has 1 aliphatic rings. The molecule has 0 aliphatic carbocycles. The normalized spacial score (nSPS) is 15.2. The maximum Gasteiger partial charge on any atom is 0.257 e. The summed E-state index contributed by atoms with van der Waals surface area (Å²) in [5.74, 6) is -0.265. The number of aromatic nitrogens is 1. The van der Waals surface area contributed by atoms with Gasteiger partial charge >= 0.3 is 0 Å². The van der Waals surface area contributed by atoms with Gasteiger partial charge in [0.25, 0.3) is 5.22 Å². The molecule has 1 fully saturated rings. The second-order valence-electron chi connectivity index (χ2n) is 7.73. The van der Waals surface area contributed by atoms with E-state index in [0.717, 1.165) is 11.8 Å². The average Bonchev–Trinajstić information content (AvgIpc) is 3.30. The number of anilines is 1. The lowest BCUT2D eigenvalue weighted by Crippen LogP contribution is -2.40. The van der Waals surface area contributed by atoms with Crippen LogP contribution in [0.15, 0.2) is 55.8 Å². The fourth-order valence-electron chi connectivity index (χ4n) is 3.49. The maximum atomic E-state index is 12.9. The Hall–Kier alpha value is -2.65. The predicted octanol–water partition coefficient (Wildman–Crippen LogP) is 2.38. The van der Waals surface area contributed by atoms with Crippen molar-refractivity contribution in [1.29, 1.82) is 0 Å². The van der Waals surface area contributed by atoms with Gasteiger partial charge in [0, 0.05) is 19.2 Å². The summed E-state index contributed by atoms with van der Waals surface area (Å²) < 4.78 is 67.4. The van der Waals surface area contributed by atoms with Crippen molar-refractivity contribution in [2.24, 2.45) is 0 Å². The van der Waals surface area contributed by atoms with Crippen LogP contribution in [0.25, 0.3) is 11.1 Å². The number of sulfone groups is 1. The van der Waals surface area contributed by atoms with E-state index in [2.05, 4.69) is 10.3 Å². The first kappa shape index (κ1) is 26.4. The molecule has 14 heteroatoms. The summed E-state index contributed by atoms with van der Waals surface area (Å²) in [6, 6.07) is 8.70. The van der Waals surface area contributed by atoms with Gasteiger partial charge in [-0.2, -0.15) is 4.31 Å². The Morgan fingerprint density at radius 1 is 1.11 bits per heavy atom. The Morgan fingerprint density at radius 3 is 2.53 bits per heavy atom. The first-order valence-electron chi connectivity index (χ1n) is 11.0. The van der Waals surface area contributed by atoms with Crippen molar-refractivity contribution in [2.45, 2.75) is 21.9 Å². The Bertz CT molecular complexity index is 1480. The van der Waals surface area contributed by atoms with E-state index in [1.165, 1.54) is 47.8 Å². The van der Waals surface area contributed by atoms with Crippen LogP contribution in [-0.4, -0.2) is 77.0 Å². The summed E-state index contributed by atoms with van der Waals surface area (Å²) in [5.41, 5.74) is 1.11. The Morgan fingerprint density at radius 2 is 1.83 bits per heavy atom. The smallest absolute Gasteiger partial charge is 0.257 e. The van der Waals surface area contributed by atoms with Crippen molar-refractivity contribution < 1.29 is 35.5 Å². The number of carbonyl (C=O) groups is 1. The van der Waals surface area contributed by atoms with Crippen molar-refractivity contribution in [3.05, 3.63) is 36.4 Å². The third-order valence-electron chi connectivity index (χ3n) is 5.46. The number of hydrogen-bond donors (Lipinski definition) is 1. The maximum absolute atomic E-state index is 12.9. The van der Waals surface area contributed by atoms with Crippen molar-refractivity contribution in [2.75, 3.05) is 50.2 Å². The number of sulfonamides is 1. The first-order chi connectivity index (χ1) is 17.1. The quantitative estimate of drug-likeness (QED) is 0.391. The number of benzene rings is 2. The Balaban J connectivity index is 1.43. The molecule has 2 heterocycles. The number of amides is 1. The standard InChI is InChI=1S/C22H25N3O8S3/c1-3-35(27,28)15-5-7-19-18(12-15)24-22(33-19)34-14-21(26)23-17-6-4-16(13-20(17)31-2)36(29,30)25-8-10-32-11-9-25/h4-7,12-13H,3,8-11,14H2,1-2H3,(H,23,26). The van der Waals surface area contributed by atoms with Gasteiger partial charge in [-0.15, -0.1) is 0 Å². The number of rotatable bonds is 9. The molecule has 0 atom stereocenters. The third kappa shape index (κ3) is 5.67. The summed E-state index contributed by atoms with van der Waals surface area (Å²) >= 11 is 1.04. The molecule has 1 N–H and O–H groups in total. The molecule has 4 rings (SSSR count). The summed E-state index contributed by atoms with van der Waals surface area (Å²) in [5, 5.41) is 2.91. The average molecular weight is 556 g/mol. The van der Waals surface area contributed by atoms with E-state index in [9.17, 15) is 21.6 Å². The van der Waals surface area contributed by atoms with Gasteiger partial charge in [-0.1, -0.05) is 18.7 Å². The highest BCUT2D eigenvalue weighted by molar-refractivity contribution is 7.99. The molecule has 0 bridgehead atoms. The zero-order valence-electron chi connectivity index (χ0n) is 19.6. The third-order valence-corrected chi connectivity index (χ3v) is 9.92. The van der Waals surface area contributed by atoms with Crippen LogP contribution in [0, 0.1) is 0 Å². The molecule has 3 aromatic rings. The second-order valence-corrected chi connectivity index (χ2v) is 12.9. The van der Waals surface area contributed by atoms with Crippen LogP contribution in [0.1, 0.15) is 6.92 Å². The van der Waals surface area contributed by atoms with Crippen molar-refractivity contribution in [3.63, 3.8) is 0 Å². The number of fused-ring (bicyclic) bond motifs is 1. The molecule has 2 aromatic carbocycles. The van der Waals surface area contributed by atoms with Gasteiger partial charge in [0.1, 0.15) is 11.3 Å². The number of nitrogens with zero attached hydrogens (tertiary/aromatic N) is 2. The number of morpholine rings is 1. The van der Waals surface area contributed by atoms with E-state index in [4.69, 9.17) is 13.9 Å². The summed E-state index contributed by atoms with van der Waals surface area (Å²) in [6.07, 6.45) is 0. The van der Waals surface area contributed by atoms with E-state index in [1.807, 2.05) is 0 Å². The van der Waals surface area contributed by atoms with Gasteiger partial charge in [0.2, 0.25) is 15.9 Å². The molecule has 0 radical (unpaired) electrons. The molecule has 0 spiro atoms. The fourth-order valence-corrected chi connectivity index (χ4v) is 6.45. The monoisotopic (exact) mass is 555 g/mol. The topological polar surface area (TPSA) is 145 Å². The van der Waals surface area contributed by atoms with E-state index in [1.54, 1.807) is 6.92 Å². The van der Waals surface area contributed by atoms with Crippen LogP contribution in [0.2, 0.25) is 0 Å². The molecule has 0 saturated carbocycles. The minimum atomic E-state index is -3.71. The zero-order valence-corrected chi connectivity index (χ0v) is 22.0. The zero-order chi connectivity index (χ0) is 25.9. The summed E-state index contributed by atoms with van der Waals surface area (Å²) in [7, 11) is -5.71. The van der Waals surface area contributed by atoms with Crippen LogP contribution in [-0.2, 0) is 29.4 Å².